The van der Waals surface area contributed by atoms with E-state index in [-0.39, 0.29) is 23.4 Å². The van der Waals surface area contributed by atoms with Crippen LogP contribution in [0.1, 0.15) is 55.0 Å². The van der Waals surface area contributed by atoms with Crippen LogP contribution in [0.4, 0.5) is 13.2 Å². The van der Waals surface area contributed by atoms with Gasteiger partial charge in [-0.05, 0) is 45.2 Å². The summed E-state index contributed by atoms with van der Waals surface area (Å²) in [6.45, 7) is 11.6. The molecule has 1 N–H and O–H groups in total. The van der Waals surface area contributed by atoms with Crippen LogP contribution in [0.5, 0.6) is 5.75 Å². The van der Waals surface area contributed by atoms with Crippen molar-refractivity contribution in [2.45, 2.75) is 45.4 Å². The van der Waals surface area contributed by atoms with Crippen LogP contribution in [-0.4, -0.2) is 95.8 Å². The molecule has 4 rings (SSSR count). The average molecular weight is 564 g/mol. The van der Waals surface area contributed by atoms with Crippen molar-refractivity contribution >= 4 is 17.4 Å². The summed E-state index contributed by atoms with van der Waals surface area (Å²) in [4.78, 5) is 32.4. The third-order valence-electron chi connectivity index (χ3n) is 7.03. The summed E-state index contributed by atoms with van der Waals surface area (Å²) in [6, 6.07) is 6.58. The Morgan fingerprint density at radius 2 is 1.75 bits per heavy atom. The van der Waals surface area contributed by atoms with Crippen molar-refractivity contribution in [1.29, 1.82) is 0 Å². The molecule has 2 aliphatic rings. The maximum absolute atomic E-state index is 13.9. The van der Waals surface area contributed by atoms with Gasteiger partial charge in [-0.15, -0.1) is 0 Å². The van der Waals surface area contributed by atoms with Gasteiger partial charge < -0.3 is 19.3 Å². The molecule has 1 saturated heterocycles. The minimum Gasteiger partial charge on any atom is -0.492 e. The normalized spacial score (nSPS) is 18.2. The van der Waals surface area contributed by atoms with Crippen molar-refractivity contribution < 1.29 is 32.2 Å². The van der Waals surface area contributed by atoms with E-state index in [1.165, 1.54) is 11.1 Å². The van der Waals surface area contributed by atoms with Crippen LogP contribution >= 0.6 is 0 Å². The number of alkyl halides is 3. The fourth-order valence-corrected chi connectivity index (χ4v) is 4.95. The monoisotopic (exact) mass is 563 g/mol. The van der Waals surface area contributed by atoms with Crippen molar-refractivity contribution in [2.75, 3.05) is 52.9 Å². The molecular formula is C28H36F3N5O4. The Hall–Kier alpha value is -3.38. The number of amides is 1. The predicted molar refractivity (Wildman–Crippen MR) is 143 cm³/mol. The second-order valence-corrected chi connectivity index (χ2v) is 11.2. The van der Waals surface area contributed by atoms with Gasteiger partial charge in [-0.2, -0.15) is 18.3 Å². The van der Waals surface area contributed by atoms with Crippen LogP contribution in [0.25, 0.3) is 5.57 Å². The number of nitrogens with one attached hydrogen (secondary N) is 1. The van der Waals surface area contributed by atoms with Crippen molar-refractivity contribution in [3.8, 4) is 5.75 Å². The second kappa shape index (κ2) is 11.6. The standard InChI is InChI=1S/C28H36F3N5O4/c1-18(2)40-26(38)21-16-36(17-27(3,4)22-23(21)32-33-24(22)28(29,30)31)25(37)19-6-8-20(9-7-19)39-15-14-35-12-10-34(5)11-13-35/h6-9,16,18H,10-15,17H2,1-5H3,(H,32,33). The molecule has 0 spiro atoms. The van der Waals surface area contributed by atoms with Crippen LogP contribution in [0, 0.1) is 0 Å². The van der Waals surface area contributed by atoms with Gasteiger partial charge in [-0.3, -0.25) is 14.8 Å². The number of likely N-dealkylation sites (N-methyl/N-ethyl adjacent to an activating group) is 1. The molecule has 9 nitrogen and oxygen atoms in total. The Kier molecular flexibility index (Phi) is 8.60. The van der Waals surface area contributed by atoms with E-state index in [1.54, 1.807) is 52.0 Å². The first-order valence-corrected chi connectivity index (χ1v) is 13.3. The summed E-state index contributed by atoms with van der Waals surface area (Å²) < 4.78 is 52.8. The number of carbonyl (C=O) groups excluding carboxylic acids is 2. The van der Waals surface area contributed by atoms with Crippen molar-refractivity contribution in [2.24, 2.45) is 0 Å². The van der Waals surface area contributed by atoms with E-state index in [0.717, 1.165) is 32.7 Å². The zero-order valence-corrected chi connectivity index (χ0v) is 23.5. The average Bonchev–Trinajstić information content (AvgIpc) is 3.30. The van der Waals surface area contributed by atoms with Crippen molar-refractivity contribution in [3.63, 3.8) is 0 Å². The molecule has 0 aliphatic carbocycles. The zero-order valence-electron chi connectivity index (χ0n) is 23.5. The Labute approximate surface area is 231 Å². The predicted octanol–water partition coefficient (Wildman–Crippen LogP) is 3.78. The number of rotatable bonds is 7. The molecule has 0 atom stereocenters. The smallest absolute Gasteiger partial charge is 0.433 e. The highest BCUT2D eigenvalue weighted by atomic mass is 19.4. The number of hydrogen-bond donors (Lipinski definition) is 1. The lowest BCUT2D eigenvalue weighted by molar-refractivity contribution is -0.142. The number of ether oxygens (including phenoxy) is 2. The quantitative estimate of drug-likeness (QED) is 0.513. The number of fused-ring (bicyclic) bond motifs is 1. The Morgan fingerprint density at radius 3 is 2.35 bits per heavy atom. The third kappa shape index (κ3) is 6.67. The Bertz CT molecular complexity index is 1250. The number of hydrogen-bond acceptors (Lipinski definition) is 7. The summed E-state index contributed by atoms with van der Waals surface area (Å²) in [5.41, 5.74) is -2.55. The molecule has 3 heterocycles. The Morgan fingerprint density at radius 1 is 1.10 bits per heavy atom. The lowest BCUT2D eigenvalue weighted by Crippen LogP contribution is -2.45. The second-order valence-electron chi connectivity index (χ2n) is 11.2. The summed E-state index contributed by atoms with van der Waals surface area (Å²) in [5, 5.41) is 5.91. The summed E-state index contributed by atoms with van der Waals surface area (Å²) in [5.74, 6) is -0.737. The van der Waals surface area contributed by atoms with Gasteiger partial charge in [0.2, 0.25) is 0 Å². The van der Waals surface area contributed by atoms with Crippen LogP contribution in [0.15, 0.2) is 30.5 Å². The SMILES string of the molecule is CC(C)OC(=O)C1=CN(C(=O)c2ccc(OCCN3CCN(C)CC3)cc2)CC(C)(C)c2c1n[nH]c2C(F)(F)F. The van der Waals surface area contributed by atoms with Gasteiger partial charge in [0.15, 0.2) is 0 Å². The summed E-state index contributed by atoms with van der Waals surface area (Å²) in [7, 11) is 2.10. The van der Waals surface area contributed by atoms with E-state index in [4.69, 9.17) is 9.47 Å². The number of nitrogens with zero attached hydrogens (tertiary/aromatic N) is 4. The number of carbonyl (C=O) groups is 2. The lowest BCUT2D eigenvalue weighted by atomic mass is 9.81. The minimum absolute atomic E-state index is 0.122. The molecule has 0 unspecified atom stereocenters. The number of esters is 1. The number of aromatic amines is 1. The highest BCUT2D eigenvalue weighted by Gasteiger charge is 2.46. The van der Waals surface area contributed by atoms with E-state index in [9.17, 15) is 22.8 Å². The highest BCUT2D eigenvalue weighted by Crippen LogP contribution is 2.42. The van der Waals surface area contributed by atoms with E-state index < -0.39 is 35.3 Å². The molecular weight excluding hydrogens is 527 g/mol. The maximum Gasteiger partial charge on any atom is 0.433 e. The summed E-state index contributed by atoms with van der Waals surface area (Å²) in [6.07, 6.45) is -4.02. The largest absolute Gasteiger partial charge is 0.492 e. The molecule has 218 valence electrons. The number of piperazine rings is 1. The molecule has 1 fully saturated rings. The number of H-pyrrole nitrogens is 1. The van der Waals surface area contributed by atoms with E-state index in [1.807, 2.05) is 0 Å². The third-order valence-corrected chi connectivity index (χ3v) is 7.03. The van der Waals surface area contributed by atoms with Crippen LogP contribution in [0.3, 0.4) is 0 Å². The van der Waals surface area contributed by atoms with Crippen LogP contribution in [-0.2, 0) is 21.1 Å². The molecule has 0 saturated carbocycles. The van der Waals surface area contributed by atoms with Gasteiger partial charge in [0.1, 0.15) is 29.3 Å². The summed E-state index contributed by atoms with van der Waals surface area (Å²) >= 11 is 0. The van der Waals surface area contributed by atoms with Crippen LogP contribution in [0.2, 0.25) is 0 Å². The highest BCUT2D eigenvalue weighted by molar-refractivity contribution is 6.17. The fourth-order valence-electron chi connectivity index (χ4n) is 4.95. The first kappa shape index (κ1) is 29.6. The molecule has 0 radical (unpaired) electrons. The van der Waals surface area contributed by atoms with Crippen molar-refractivity contribution in [1.82, 2.24) is 24.9 Å². The molecule has 2 aliphatic heterocycles. The number of aromatic nitrogens is 2. The molecule has 12 heteroatoms. The van der Waals surface area contributed by atoms with E-state index in [0.29, 0.717) is 17.9 Å². The fraction of sp³-hybridized carbons (Fsp3) is 0.536. The topological polar surface area (TPSA) is 91.0 Å². The molecule has 40 heavy (non-hydrogen) atoms. The van der Waals surface area contributed by atoms with Gasteiger partial charge in [0.05, 0.1) is 6.10 Å². The van der Waals surface area contributed by atoms with E-state index >= 15 is 0 Å². The number of halogens is 3. The van der Waals surface area contributed by atoms with E-state index in [2.05, 4.69) is 27.0 Å². The molecule has 1 aromatic carbocycles. The van der Waals surface area contributed by atoms with Gasteiger partial charge in [0, 0.05) is 62.0 Å². The molecule has 2 aromatic rings. The molecule has 1 aromatic heterocycles. The first-order valence-electron chi connectivity index (χ1n) is 13.3. The zero-order chi connectivity index (χ0) is 29.2. The minimum atomic E-state index is -4.73. The first-order chi connectivity index (χ1) is 18.8. The van der Waals surface area contributed by atoms with Gasteiger partial charge in [-0.25, -0.2) is 4.79 Å². The van der Waals surface area contributed by atoms with Gasteiger partial charge in [0.25, 0.3) is 5.91 Å². The molecule has 1 amide bonds. The molecule has 0 bridgehead atoms. The number of benzene rings is 1. The Balaban J connectivity index is 1.55. The van der Waals surface area contributed by atoms with Gasteiger partial charge >= 0.3 is 12.1 Å². The van der Waals surface area contributed by atoms with Gasteiger partial charge in [-0.1, -0.05) is 13.8 Å². The van der Waals surface area contributed by atoms with Crippen molar-refractivity contribution in [3.05, 3.63) is 53.0 Å². The maximum atomic E-state index is 13.9. The lowest BCUT2D eigenvalue weighted by Gasteiger charge is -2.32. The van der Waals surface area contributed by atoms with Crippen LogP contribution < -0.4 is 4.74 Å².